The van der Waals surface area contributed by atoms with Crippen molar-refractivity contribution >= 4 is 5.91 Å². The van der Waals surface area contributed by atoms with E-state index < -0.39 is 0 Å². The lowest BCUT2D eigenvalue weighted by molar-refractivity contribution is -0.145. The minimum atomic E-state index is -0.120. The zero-order valence-electron chi connectivity index (χ0n) is 13.6. The second-order valence-corrected chi connectivity index (χ2v) is 7.20. The molecule has 3 aliphatic rings. The molecule has 120 valence electrons. The third kappa shape index (κ3) is 3.11. The molecule has 3 saturated heterocycles. The molecular formula is C17H31N3O. The largest absolute Gasteiger partial charge is 0.341 e. The normalized spacial score (nSPS) is 35.1. The van der Waals surface area contributed by atoms with Crippen LogP contribution in [-0.2, 0) is 4.79 Å². The summed E-state index contributed by atoms with van der Waals surface area (Å²) in [5.74, 6) is 0.432. The number of amides is 1. The van der Waals surface area contributed by atoms with Crippen molar-refractivity contribution < 1.29 is 4.79 Å². The summed E-state index contributed by atoms with van der Waals surface area (Å²) in [7, 11) is 0. The van der Waals surface area contributed by atoms with Gasteiger partial charge in [-0.1, -0.05) is 6.92 Å². The van der Waals surface area contributed by atoms with E-state index in [1.807, 2.05) is 0 Å². The van der Waals surface area contributed by atoms with E-state index in [4.69, 9.17) is 0 Å². The van der Waals surface area contributed by atoms with Crippen molar-refractivity contribution in [2.45, 2.75) is 57.9 Å². The van der Waals surface area contributed by atoms with Gasteiger partial charge in [-0.3, -0.25) is 9.69 Å². The Labute approximate surface area is 129 Å². The summed E-state index contributed by atoms with van der Waals surface area (Å²) >= 11 is 0. The molecule has 1 amide bonds. The van der Waals surface area contributed by atoms with Crippen LogP contribution < -0.4 is 5.32 Å². The van der Waals surface area contributed by atoms with Crippen molar-refractivity contribution in [3.63, 3.8) is 0 Å². The molecule has 0 saturated carbocycles. The Hall–Kier alpha value is -0.610. The van der Waals surface area contributed by atoms with Crippen LogP contribution in [0.25, 0.3) is 0 Å². The number of carbonyl (C=O) groups excluding carboxylic acids is 1. The van der Waals surface area contributed by atoms with Gasteiger partial charge in [0.1, 0.15) is 0 Å². The van der Waals surface area contributed by atoms with Crippen molar-refractivity contribution in [3.05, 3.63) is 0 Å². The monoisotopic (exact) mass is 293 g/mol. The first-order chi connectivity index (χ1) is 10.2. The highest BCUT2D eigenvalue weighted by atomic mass is 16.2. The third-order valence-electron chi connectivity index (χ3n) is 5.94. The maximum Gasteiger partial charge on any atom is 0.230 e. The number of hydrogen-bond donors (Lipinski definition) is 1. The van der Waals surface area contributed by atoms with E-state index in [9.17, 15) is 4.79 Å². The van der Waals surface area contributed by atoms with Crippen LogP contribution in [0.4, 0.5) is 0 Å². The molecule has 0 aromatic heterocycles. The molecule has 0 bridgehead atoms. The number of piperidine rings is 2. The molecule has 3 aliphatic heterocycles. The minimum absolute atomic E-state index is 0.120. The minimum Gasteiger partial charge on any atom is -0.341 e. The van der Waals surface area contributed by atoms with E-state index in [-0.39, 0.29) is 5.41 Å². The van der Waals surface area contributed by atoms with Gasteiger partial charge < -0.3 is 10.2 Å². The van der Waals surface area contributed by atoms with Gasteiger partial charge in [-0.15, -0.1) is 0 Å². The average Bonchev–Trinajstić information content (AvgIpc) is 3.09. The summed E-state index contributed by atoms with van der Waals surface area (Å²) in [5, 5.41) is 3.45. The third-order valence-corrected chi connectivity index (χ3v) is 5.94. The van der Waals surface area contributed by atoms with E-state index in [1.54, 1.807) is 0 Å². The molecule has 0 aromatic carbocycles. The van der Waals surface area contributed by atoms with Gasteiger partial charge in [-0.2, -0.15) is 0 Å². The maximum atomic E-state index is 13.1. The van der Waals surface area contributed by atoms with E-state index in [0.29, 0.717) is 11.9 Å². The van der Waals surface area contributed by atoms with Crippen LogP contribution in [0.1, 0.15) is 51.9 Å². The summed E-state index contributed by atoms with van der Waals surface area (Å²) in [6.07, 6.45) is 8.33. The zero-order chi connectivity index (χ0) is 14.7. The first-order valence-corrected chi connectivity index (χ1v) is 8.99. The molecule has 3 rings (SSSR count). The summed E-state index contributed by atoms with van der Waals surface area (Å²) < 4.78 is 0. The van der Waals surface area contributed by atoms with E-state index >= 15 is 0 Å². The number of nitrogens with one attached hydrogen (secondary N) is 1. The van der Waals surface area contributed by atoms with Crippen LogP contribution in [0.15, 0.2) is 0 Å². The van der Waals surface area contributed by atoms with E-state index in [0.717, 1.165) is 45.4 Å². The summed E-state index contributed by atoms with van der Waals surface area (Å²) in [6.45, 7) is 8.58. The maximum absolute atomic E-state index is 13.1. The lowest BCUT2D eigenvalue weighted by Crippen LogP contribution is -2.56. The molecule has 2 unspecified atom stereocenters. The van der Waals surface area contributed by atoms with Crippen LogP contribution in [-0.4, -0.2) is 61.0 Å². The smallest absolute Gasteiger partial charge is 0.230 e. The lowest BCUT2D eigenvalue weighted by atomic mass is 9.76. The van der Waals surface area contributed by atoms with Gasteiger partial charge in [0.05, 0.1) is 5.41 Å². The van der Waals surface area contributed by atoms with Gasteiger partial charge in [0, 0.05) is 25.7 Å². The molecule has 2 atom stereocenters. The molecule has 21 heavy (non-hydrogen) atoms. The molecule has 0 aliphatic carbocycles. The second kappa shape index (κ2) is 6.66. The highest BCUT2D eigenvalue weighted by Crippen LogP contribution is 2.34. The van der Waals surface area contributed by atoms with Crippen molar-refractivity contribution in [3.8, 4) is 0 Å². The molecule has 1 N–H and O–H groups in total. The van der Waals surface area contributed by atoms with Gasteiger partial charge in [-0.25, -0.2) is 0 Å². The number of likely N-dealkylation sites (tertiary alicyclic amines) is 2. The van der Waals surface area contributed by atoms with Gasteiger partial charge >= 0.3 is 0 Å². The van der Waals surface area contributed by atoms with Crippen molar-refractivity contribution in [2.75, 3.05) is 39.3 Å². The summed E-state index contributed by atoms with van der Waals surface area (Å²) in [6, 6.07) is 0.621. The van der Waals surface area contributed by atoms with E-state index in [1.165, 1.54) is 38.8 Å². The average molecular weight is 293 g/mol. The number of rotatable bonds is 3. The Morgan fingerprint density at radius 3 is 2.67 bits per heavy atom. The number of carbonyl (C=O) groups is 1. The molecule has 0 spiro atoms. The first-order valence-electron chi connectivity index (χ1n) is 8.99. The predicted octanol–water partition coefficient (Wildman–Crippen LogP) is 1.85. The molecule has 0 aromatic rings. The second-order valence-electron chi connectivity index (χ2n) is 7.20. The Kier molecular flexibility index (Phi) is 4.85. The predicted molar refractivity (Wildman–Crippen MR) is 85.2 cm³/mol. The fraction of sp³-hybridized carbons (Fsp3) is 0.941. The quantitative estimate of drug-likeness (QED) is 0.862. The molecule has 4 nitrogen and oxygen atoms in total. The van der Waals surface area contributed by atoms with Crippen molar-refractivity contribution in [1.82, 2.24) is 15.1 Å². The van der Waals surface area contributed by atoms with Crippen LogP contribution in [0.5, 0.6) is 0 Å². The van der Waals surface area contributed by atoms with Crippen LogP contribution in [0.3, 0.4) is 0 Å². The van der Waals surface area contributed by atoms with Crippen molar-refractivity contribution in [1.29, 1.82) is 0 Å². The zero-order valence-corrected chi connectivity index (χ0v) is 13.6. The number of hydrogen-bond acceptors (Lipinski definition) is 3. The molecule has 0 radical (unpaired) electrons. The Bertz CT molecular complexity index is 359. The fourth-order valence-electron chi connectivity index (χ4n) is 4.48. The highest BCUT2D eigenvalue weighted by Gasteiger charge is 2.42. The van der Waals surface area contributed by atoms with Crippen molar-refractivity contribution in [2.24, 2.45) is 5.41 Å². The molecule has 3 heterocycles. The van der Waals surface area contributed by atoms with Crippen LogP contribution in [0, 0.1) is 5.41 Å². The van der Waals surface area contributed by atoms with Gasteiger partial charge in [0.15, 0.2) is 0 Å². The van der Waals surface area contributed by atoms with Crippen LogP contribution >= 0.6 is 0 Å². The van der Waals surface area contributed by atoms with E-state index in [2.05, 4.69) is 22.0 Å². The standard InChI is InChI=1S/C17H31N3O/c1-2-17(8-6-9-18-14-17)16(21)20-12-5-7-15(13-20)19-10-3-4-11-19/h15,18H,2-14H2,1H3. The molecular weight excluding hydrogens is 262 g/mol. The molecule has 3 fully saturated rings. The lowest BCUT2D eigenvalue weighted by Gasteiger charge is -2.44. The SMILES string of the molecule is CCC1(C(=O)N2CCCC(N3CCCC3)C2)CCCNC1. The van der Waals surface area contributed by atoms with Gasteiger partial charge in [0.2, 0.25) is 5.91 Å². The fourth-order valence-corrected chi connectivity index (χ4v) is 4.48. The highest BCUT2D eigenvalue weighted by molar-refractivity contribution is 5.83. The Balaban J connectivity index is 1.65. The van der Waals surface area contributed by atoms with Gasteiger partial charge in [-0.05, 0) is 64.6 Å². The first kappa shape index (κ1) is 15.3. The Morgan fingerprint density at radius 2 is 2.00 bits per heavy atom. The topological polar surface area (TPSA) is 35.6 Å². The van der Waals surface area contributed by atoms with Crippen LogP contribution in [0.2, 0.25) is 0 Å². The Morgan fingerprint density at radius 1 is 1.19 bits per heavy atom. The summed E-state index contributed by atoms with van der Waals surface area (Å²) in [4.78, 5) is 18.0. The molecule has 4 heteroatoms. The number of nitrogens with zero attached hydrogens (tertiary/aromatic N) is 2. The summed E-state index contributed by atoms with van der Waals surface area (Å²) in [5.41, 5.74) is -0.120. The van der Waals surface area contributed by atoms with Gasteiger partial charge in [0.25, 0.3) is 0 Å².